The molecule has 1 saturated carbocycles. The zero-order valence-electron chi connectivity index (χ0n) is 7.83. The summed E-state index contributed by atoms with van der Waals surface area (Å²) in [5, 5.41) is 12.1. The molecule has 2 rings (SSSR count). The minimum atomic E-state index is -0.677. The van der Waals surface area contributed by atoms with Crippen LogP contribution in [0.25, 0.3) is 0 Å². The summed E-state index contributed by atoms with van der Waals surface area (Å²) in [6, 6.07) is 0.211. The fourth-order valence-corrected chi connectivity index (χ4v) is 2.69. The number of carboxylic acid groups (broad SMARTS) is 1. The summed E-state index contributed by atoms with van der Waals surface area (Å²) in [5.41, 5.74) is 0. The minimum absolute atomic E-state index is 0.278. The first-order chi connectivity index (χ1) is 6.27. The summed E-state index contributed by atoms with van der Waals surface area (Å²) in [7, 11) is 0. The van der Waals surface area contributed by atoms with E-state index < -0.39 is 5.97 Å². The van der Waals surface area contributed by atoms with E-state index in [1.807, 2.05) is 0 Å². The molecule has 1 aliphatic carbocycles. The van der Waals surface area contributed by atoms with Crippen molar-refractivity contribution in [2.45, 2.75) is 50.6 Å². The molecule has 2 N–H and O–H groups in total. The van der Waals surface area contributed by atoms with Crippen LogP contribution in [0.15, 0.2) is 0 Å². The summed E-state index contributed by atoms with van der Waals surface area (Å²) in [6.07, 6.45) is 6.99. The van der Waals surface area contributed by atoms with Gasteiger partial charge in [-0.15, -0.1) is 0 Å². The zero-order chi connectivity index (χ0) is 9.26. The minimum Gasteiger partial charge on any atom is -0.480 e. The lowest BCUT2D eigenvalue weighted by Crippen LogP contribution is -2.51. The SMILES string of the molecule is O=C(O)C1CCC2CCCCC2N1. The molecule has 13 heavy (non-hydrogen) atoms. The van der Waals surface area contributed by atoms with Crippen LogP contribution in [-0.2, 0) is 4.79 Å². The third-order valence-corrected chi connectivity index (χ3v) is 3.45. The van der Waals surface area contributed by atoms with Crippen molar-refractivity contribution in [2.24, 2.45) is 5.92 Å². The van der Waals surface area contributed by atoms with Gasteiger partial charge < -0.3 is 10.4 Å². The molecule has 3 unspecified atom stereocenters. The number of hydrogen-bond donors (Lipinski definition) is 2. The largest absolute Gasteiger partial charge is 0.480 e. The first kappa shape index (κ1) is 9.00. The summed E-state index contributed by atoms with van der Waals surface area (Å²) in [5.74, 6) is 0.0772. The molecule has 1 heterocycles. The highest BCUT2D eigenvalue weighted by Gasteiger charge is 2.34. The molecule has 0 bridgehead atoms. The standard InChI is InChI=1S/C10H17NO2/c12-10(13)9-6-5-7-3-1-2-4-8(7)11-9/h7-9,11H,1-6H2,(H,12,13). The van der Waals surface area contributed by atoms with Gasteiger partial charge >= 0.3 is 5.97 Å². The van der Waals surface area contributed by atoms with E-state index >= 15 is 0 Å². The molecule has 1 saturated heterocycles. The molecule has 3 nitrogen and oxygen atoms in total. The lowest BCUT2D eigenvalue weighted by Gasteiger charge is -2.39. The van der Waals surface area contributed by atoms with E-state index in [1.165, 1.54) is 25.7 Å². The van der Waals surface area contributed by atoms with Gasteiger partial charge in [-0.3, -0.25) is 4.79 Å². The van der Waals surface area contributed by atoms with Crippen LogP contribution in [-0.4, -0.2) is 23.2 Å². The fraction of sp³-hybridized carbons (Fsp3) is 0.900. The average molecular weight is 183 g/mol. The molecule has 0 spiro atoms. The Bertz CT molecular complexity index is 205. The first-order valence-corrected chi connectivity index (χ1v) is 5.26. The van der Waals surface area contributed by atoms with E-state index in [4.69, 9.17) is 5.11 Å². The van der Waals surface area contributed by atoms with E-state index in [-0.39, 0.29) is 6.04 Å². The summed E-state index contributed by atoms with van der Waals surface area (Å²) in [6.45, 7) is 0. The maximum absolute atomic E-state index is 10.8. The van der Waals surface area contributed by atoms with E-state index in [2.05, 4.69) is 5.32 Å². The van der Waals surface area contributed by atoms with Crippen molar-refractivity contribution in [3.05, 3.63) is 0 Å². The quantitative estimate of drug-likeness (QED) is 0.645. The van der Waals surface area contributed by atoms with Crippen LogP contribution in [0.1, 0.15) is 38.5 Å². The van der Waals surface area contributed by atoms with Crippen LogP contribution in [0, 0.1) is 5.92 Å². The van der Waals surface area contributed by atoms with Crippen molar-refractivity contribution in [1.82, 2.24) is 5.32 Å². The molecule has 0 aromatic heterocycles. The maximum Gasteiger partial charge on any atom is 0.320 e. The van der Waals surface area contributed by atoms with Gasteiger partial charge in [-0.1, -0.05) is 12.8 Å². The topological polar surface area (TPSA) is 49.3 Å². The van der Waals surface area contributed by atoms with Crippen LogP contribution in [0.2, 0.25) is 0 Å². The van der Waals surface area contributed by atoms with Gasteiger partial charge in [0.1, 0.15) is 6.04 Å². The van der Waals surface area contributed by atoms with Crippen molar-refractivity contribution in [1.29, 1.82) is 0 Å². The average Bonchev–Trinajstić information content (AvgIpc) is 2.17. The van der Waals surface area contributed by atoms with Gasteiger partial charge in [0.05, 0.1) is 0 Å². The molecule has 2 fully saturated rings. The van der Waals surface area contributed by atoms with E-state index in [9.17, 15) is 4.79 Å². The van der Waals surface area contributed by atoms with E-state index in [1.54, 1.807) is 0 Å². The van der Waals surface area contributed by atoms with Gasteiger partial charge in [0.25, 0.3) is 0 Å². The highest BCUT2D eigenvalue weighted by Crippen LogP contribution is 2.32. The number of carboxylic acids is 1. The Morgan fingerprint density at radius 2 is 1.92 bits per heavy atom. The Balaban J connectivity index is 1.95. The number of fused-ring (bicyclic) bond motifs is 1. The normalized spacial score (nSPS) is 39.5. The summed E-state index contributed by atoms with van der Waals surface area (Å²) < 4.78 is 0. The van der Waals surface area contributed by atoms with Crippen molar-refractivity contribution < 1.29 is 9.90 Å². The van der Waals surface area contributed by atoms with Gasteiger partial charge in [0.2, 0.25) is 0 Å². The van der Waals surface area contributed by atoms with Gasteiger partial charge in [-0.05, 0) is 31.6 Å². The van der Waals surface area contributed by atoms with Crippen LogP contribution < -0.4 is 5.32 Å². The first-order valence-electron chi connectivity index (χ1n) is 5.26. The van der Waals surface area contributed by atoms with Gasteiger partial charge in [0, 0.05) is 6.04 Å². The number of rotatable bonds is 1. The molecule has 0 amide bonds. The van der Waals surface area contributed by atoms with Crippen LogP contribution >= 0.6 is 0 Å². The number of hydrogen-bond acceptors (Lipinski definition) is 2. The molecule has 2 aliphatic rings. The predicted octanol–water partition coefficient (Wildman–Crippen LogP) is 1.38. The number of aliphatic carboxylic acids is 1. The Kier molecular flexibility index (Phi) is 2.54. The second-order valence-electron chi connectivity index (χ2n) is 4.29. The Morgan fingerprint density at radius 3 is 2.69 bits per heavy atom. The summed E-state index contributed by atoms with van der Waals surface area (Å²) >= 11 is 0. The molecule has 0 aromatic rings. The van der Waals surface area contributed by atoms with Gasteiger partial charge in [-0.25, -0.2) is 0 Å². The molecule has 1 aliphatic heterocycles. The van der Waals surface area contributed by atoms with E-state index in [0.29, 0.717) is 6.04 Å². The van der Waals surface area contributed by atoms with Gasteiger partial charge in [0.15, 0.2) is 0 Å². The smallest absolute Gasteiger partial charge is 0.320 e. The van der Waals surface area contributed by atoms with Crippen LogP contribution in [0.3, 0.4) is 0 Å². The summed E-state index contributed by atoms with van der Waals surface area (Å²) in [4.78, 5) is 10.8. The molecular weight excluding hydrogens is 166 g/mol. The fourth-order valence-electron chi connectivity index (χ4n) is 2.69. The van der Waals surface area contributed by atoms with Crippen molar-refractivity contribution in [3.8, 4) is 0 Å². The predicted molar refractivity (Wildman–Crippen MR) is 49.5 cm³/mol. The highest BCUT2D eigenvalue weighted by atomic mass is 16.4. The third-order valence-electron chi connectivity index (χ3n) is 3.45. The Labute approximate surface area is 78.5 Å². The Hall–Kier alpha value is -0.570. The number of carbonyl (C=O) groups is 1. The highest BCUT2D eigenvalue weighted by molar-refractivity contribution is 5.73. The molecular formula is C10H17NO2. The second kappa shape index (κ2) is 3.66. The lowest BCUT2D eigenvalue weighted by atomic mass is 9.78. The third kappa shape index (κ3) is 1.85. The Morgan fingerprint density at radius 1 is 1.15 bits per heavy atom. The van der Waals surface area contributed by atoms with Crippen LogP contribution in [0.5, 0.6) is 0 Å². The monoisotopic (exact) mass is 183 g/mol. The van der Waals surface area contributed by atoms with E-state index in [0.717, 1.165) is 18.8 Å². The van der Waals surface area contributed by atoms with Crippen molar-refractivity contribution >= 4 is 5.97 Å². The molecule has 74 valence electrons. The molecule has 3 atom stereocenters. The molecule has 0 radical (unpaired) electrons. The maximum atomic E-state index is 10.8. The van der Waals surface area contributed by atoms with Crippen molar-refractivity contribution in [2.75, 3.05) is 0 Å². The number of piperidine rings is 1. The number of nitrogens with one attached hydrogen (secondary N) is 1. The molecule has 0 aromatic carbocycles. The lowest BCUT2D eigenvalue weighted by molar-refractivity contribution is -0.141. The van der Waals surface area contributed by atoms with Crippen LogP contribution in [0.4, 0.5) is 0 Å². The van der Waals surface area contributed by atoms with Gasteiger partial charge in [-0.2, -0.15) is 0 Å². The molecule has 3 heteroatoms. The zero-order valence-corrected chi connectivity index (χ0v) is 7.83. The second-order valence-corrected chi connectivity index (χ2v) is 4.29. The van der Waals surface area contributed by atoms with Crippen molar-refractivity contribution in [3.63, 3.8) is 0 Å².